The molecule has 1 unspecified atom stereocenters. The molecule has 0 saturated heterocycles. The molecule has 1 rings (SSSR count). The zero-order valence-corrected chi connectivity index (χ0v) is 10.1. The number of isocyanates is 1. The topological polar surface area (TPSA) is 113 Å². The highest BCUT2D eigenvalue weighted by molar-refractivity contribution is 7.89. The lowest BCUT2D eigenvalue weighted by Crippen LogP contribution is -2.38. The molecule has 0 spiro atoms. The molecule has 1 aromatic carbocycles. The number of carboxylic acid groups (broad SMARTS) is 1. The van der Waals surface area contributed by atoms with Gasteiger partial charge in [0.15, 0.2) is 0 Å². The number of aliphatic carboxylic acids is 1. The third-order valence-electron chi connectivity index (χ3n) is 2.02. The van der Waals surface area contributed by atoms with Crippen LogP contribution >= 0.6 is 0 Å². The van der Waals surface area contributed by atoms with Crippen molar-refractivity contribution in [3.63, 3.8) is 0 Å². The summed E-state index contributed by atoms with van der Waals surface area (Å²) in [4.78, 5) is 23.7. The Morgan fingerprint density at radius 3 is 2.39 bits per heavy atom. The van der Waals surface area contributed by atoms with Crippen LogP contribution in [0.1, 0.15) is 6.92 Å². The van der Waals surface area contributed by atoms with Gasteiger partial charge in [0.25, 0.3) is 0 Å². The fourth-order valence-corrected chi connectivity index (χ4v) is 2.30. The van der Waals surface area contributed by atoms with Crippen molar-refractivity contribution in [1.82, 2.24) is 4.72 Å². The van der Waals surface area contributed by atoms with E-state index in [1.54, 1.807) is 0 Å². The normalized spacial score (nSPS) is 12.5. The first-order chi connectivity index (χ1) is 8.36. The maximum Gasteiger partial charge on any atom is 0.321 e. The maximum absolute atomic E-state index is 11.7. The van der Waals surface area contributed by atoms with E-state index in [2.05, 4.69) is 4.99 Å². The highest BCUT2D eigenvalue weighted by Gasteiger charge is 2.21. The predicted molar refractivity (Wildman–Crippen MR) is 61.6 cm³/mol. The number of nitrogens with one attached hydrogen (secondary N) is 1. The van der Waals surface area contributed by atoms with Crippen molar-refractivity contribution in [2.45, 2.75) is 17.9 Å². The van der Waals surface area contributed by atoms with Crippen LogP contribution < -0.4 is 4.72 Å². The van der Waals surface area contributed by atoms with Crippen LogP contribution in [-0.2, 0) is 19.6 Å². The maximum atomic E-state index is 11.7. The van der Waals surface area contributed by atoms with Gasteiger partial charge in [0.2, 0.25) is 16.1 Å². The minimum atomic E-state index is -3.91. The first kappa shape index (κ1) is 14.0. The summed E-state index contributed by atoms with van der Waals surface area (Å²) in [5.74, 6) is -1.28. The second kappa shape index (κ2) is 5.54. The Morgan fingerprint density at radius 1 is 1.39 bits per heavy atom. The van der Waals surface area contributed by atoms with E-state index in [-0.39, 0.29) is 10.6 Å². The molecule has 2 N–H and O–H groups in total. The molecule has 1 aromatic rings. The van der Waals surface area contributed by atoms with Crippen LogP contribution in [-0.4, -0.2) is 31.6 Å². The number of hydrogen-bond acceptors (Lipinski definition) is 5. The molecule has 0 fully saturated rings. The molecule has 0 saturated carbocycles. The molecule has 0 radical (unpaired) electrons. The molecule has 0 aliphatic carbocycles. The van der Waals surface area contributed by atoms with Gasteiger partial charge in [-0.2, -0.15) is 9.71 Å². The lowest BCUT2D eigenvalue weighted by molar-refractivity contribution is -0.138. The Labute approximate surface area is 103 Å². The van der Waals surface area contributed by atoms with Crippen molar-refractivity contribution in [3.8, 4) is 0 Å². The number of carbonyl (C=O) groups excluding carboxylic acids is 1. The summed E-state index contributed by atoms with van der Waals surface area (Å²) >= 11 is 0. The van der Waals surface area contributed by atoms with E-state index in [1.165, 1.54) is 37.3 Å². The molecule has 0 aromatic heterocycles. The second-order valence-corrected chi connectivity index (χ2v) is 5.09. The summed E-state index contributed by atoms with van der Waals surface area (Å²) in [7, 11) is -3.91. The number of aliphatic imine (C=N–C) groups is 1. The Morgan fingerprint density at radius 2 is 1.94 bits per heavy atom. The second-order valence-electron chi connectivity index (χ2n) is 3.38. The molecule has 0 aliphatic rings. The Balaban J connectivity index is 2.98. The van der Waals surface area contributed by atoms with Crippen molar-refractivity contribution in [2.24, 2.45) is 4.99 Å². The average Bonchev–Trinajstić information content (AvgIpc) is 2.29. The van der Waals surface area contributed by atoms with E-state index in [9.17, 15) is 18.0 Å². The van der Waals surface area contributed by atoms with E-state index in [1.807, 2.05) is 4.72 Å². The first-order valence-electron chi connectivity index (χ1n) is 4.80. The minimum Gasteiger partial charge on any atom is -0.480 e. The SMILES string of the molecule is CC(NS(=O)(=O)c1ccc(N=C=O)cc1)C(=O)O. The van der Waals surface area contributed by atoms with Crippen LogP contribution in [0.3, 0.4) is 0 Å². The zero-order chi connectivity index (χ0) is 13.8. The fourth-order valence-electron chi connectivity index (χ4n) is 1.10. The van der Waals surface area contributed by atoms with Gasteiger partial charge < -0.3 is 5.11 Å². The Bertz CT molecular complexity index is 587. The van der Waals surface area contributed by atoms with E-state index >= 15 is 0 Å². The van der Waals surface area contributed by atoms with E-state index < -0.39 is 22.0 Å². The molecule has 0 amide bonds. The molecule has 0 heterocycles. The molecular formula is C10H10N2O5S. The highest BCUT2D eigenvalue weighted by Crippen LogP contribution is 2.16. The summed E-state index contributed by atoms with van der Waals surface area (Å²) in [6.07, 6.45) is 1.32. The summed E-state index contributed by atoms with van der Waals surface area (Å²) in [5, 5.41) is 8.62. The van der Waals surface area contributed by atoms with Crippen molar-refractivity contribution in [1.29, 1.82) is 0 Å². The quantitative estimate of drug-likeness (QED) is 0.594. The third-order valence-corrected chi connectivity index (χ3v) is 3.58. The first-order valence-corrected chi connectivity index (χ1v) is 6.28. The number of carbonyl (C=O) groups is 1. The number of benzene rings is 1. The van der Waals surface area contributed by atoms with Crippen LogP contribution in [0, 0.1) is 0 Å². The van der Waals surface area contributed by atoms with Gasteiger partial charge in [-0.25, -0.2) is 13.2 Å². The van der Waals surface area contributed by atoms with Gasteiger partial charge in [-0.05, 0) is 31.2 Å². The van der Waals surface area contributed by atoms with Crippen LogP contribution in [0.15, 0.2) is 34.2 Å². The van der Waals surface area contributed by atoms with E-state index in [0.29, 0.717) is 0 Å². The molecule has 1 atom stereocenters. The van der Waals surface area contributed by atoms with Crippen LogP contribution in [0.4, 0.5) is 5.69 Å². The average molecular weight is 270 g/mol. The molecular weight excluding hydrogens is 260 g/mol. The van der Waals surface area contributed by atoms with Crippen LogP contribution in [0.2, 0.25) is 0 Å². The minimum absolute atomic E-state index is 0.111. The summed E-state index contributed by atoms with van der Waals surface area (Å²) < 4.78 is 25.5. The standard InChI is InChI=1S/C10H10N2O5S/c1-7(10(14)15)12-18(16,17)9-4-2-8(3-5-9)11-6-13/h2-5,7,12H,1H3,(H,14,15). The van der Waals surface area contributed by atoms with Crippen molar-refractivity contribution >= 4 is 27.8 Å². The van der Waals surface area contributed by atoms with Gasteiger partial charge >= 0.3 is 5.97 Å². The molecule has 18 heavy (non-hydrogen) atoms. The summed E-state index contributed by atoms with van der Waals surface area (Å²) in [6, 6.07) is 3.82. The van der Waals surface area contributed by atoms with E-state index in [0.717, 1.165) is 0 Å². The molecule has 8 heteroatoms. The van der Waals surface area contributed by atoms with Gasteiger partial charge in [0.1, 0.15) is 6.04 Å². The Hall–Kier alpha value is -2.02. The predicted octanol–water partition coefficient (Wildman–Crippen LogP) is 0.405. The molecule has 7 nitrogen and oxygen atoms in total. The lowest BCUT2D eigenvalue weighted by Gasteiger charge is -2.09. The van der Waals surface area contributed by atoms with Crippen LogP contribution in [0.25, 0.3) is 0 Å². The summed E-state index contributed by atoms with van der Waals surface area (Å²) in [6.45, 7) is 1.21. The number of hydrogen-bond donors (Lipinski definition) is 2. The smallest absolute Gasteiger partial charge is 0.321 e. The molecule has 0 aliphatic heterocycles. The summed E-state index contributed by atoms with van der Waals surface area (Å²) in [5.41, 5.74) is 0.259. The fraction of sp³-hybridized carbons (Fsp3) is 0.200. The number of rotatable bonds is 5. The number of nitrogens with zero attached hydrogens (tertiary/aromatic N) is 1. The van der Waals surface area contributed by atoms with Crippen molar-refractivity contribution < 1.29 is 23.1 Å². The number of carboxylic acids is 1. The molecule has 0 bridgehead atoms. The van der Waals surface area contributed by atoms with Gasteiger partial charge in [0.05, 0.1) is 10.6 Å². The van der Waals surface area contributed by atoms with Crippen molar-refractivity contribution in [2.75, 3.05) is 0 Å². The highest BCUT2D eigenvalue weighted by atomic mass is 32.2. The zero-order valence-electron chi connectivity index (χ0n) is 9.32. The largest absolute Gasteiger partial charge is 0.480 e. The lowest BCUT2D eigenvalue weighted by atomic mass is 10.3. The van der Waals surface area contributed by atoms with Crippen molar-refractivity contribution in [3.05, 3.63) is 24.3 Å². The Kier molecular flexibility index (Phi) is 4.33. The van der Waals surface area contributed by atoms with Gasteiger partial charge in [0, 0.05) is 0 Å². The van der Waals surface area contributed by atoms with Gasteiger partial charge in [-0.3, -0.25) is 4.79 Å². The monoisotopic (exact) mass is 270 g/mol. The van der Waals surface area contributed by atoms with Gasteiger partial charge in [-0.1, -0.05) is 0 Å². The molecule has 96 valence electrons. The van der Waals surface area contributed by atoms with E-state index in [4.69, 9.17) is 5.11 Å². The van der Waals surface area contributed by atoms with Gasteiger partial charge in [-0.15, -0.1) is 0 Å². The van der Waals surface area contributed by atoms with Crippen LogP contribution in [0.5, 0.6) is 0 Å². The number of sulfonamides is 1. The third kappa shape index (κ3) is 3.49.